The number of rotatable bonds is 5. The molecule has 0 spiro atoms. The summed E-state index contributed by atoms with van der Waals surface area (Å²) in [5.74, 6) is 0. The predicted octanol–water partition coefficient (Wildman–Crippen LogP) is 0.986. The van der Waals surface area contributed by atoms with Crippen molar-refractivity contribution in [1.82, 2.24) is 20.1 Å². The van der Waals surface area contributed by atoms with Gasteiger partial charge in [0.05, 0.1) is 18.9 Å². The van der Waals surface area contributed by atoms with E-state index in [1.54, 1.807) is 13.8 Å². The van der Waals surface area contributed by atoms with Gasteiger partial charge >= 0.3 is 6.09 Å². The average molecular weight is 257 g/mol. The van der Waals surface area contributed by atoms with E-state index in [-0.39, 0.29) is 6.54 Å². The van der Waals surface area contributed by atoms with E-state index in [1.807, 2.05) is 0 Å². The van der Waals surface area contributed by atoms with E-state index in [4.69, 9.17) is 0 Å². The van der Waals surface area contributed by atoms with Crippen LogP contribution >= 0.6 is 0 Å². The molecule has 1 N–H and O–H groups in total. The molecule has 0 saturated carbocycles. The van der Waals surface area contributed by atoms with Crippen molar-refractivity contribution in [3.63, 3.8) is 0 Å². The molecule has 1 amide bonds. The lowest BCUT2D eigenvalue weighted by Crippen LogP contribution is -2.31. The van der Waals surface area contributed by atoms with Gasteiger partial charge < -0.3 is 5.32 Å². The van der Waals surface area contributed by atoms with Crippen LogP contribution in [-0.2, 0) is 11.4 Å². The SMILES string of the molecule is CNC(=O)ON=C(Cn1cncn1)C(C)(C)CF. The van der Waals surface area contributed by atoms with Crippen LogP contribution in [0.3, 0.4) is 0 Å². The third kappa shape index (κ3) is 3.79. The maximum absolute atomic E-state index is 13.0. The molecule has 1 aromatic heterocycles. The Morgan fingerprint density at radius 3 is 2.83 bits per heavy atom. The van der Waals surface area contributed by atoms with Crippen LogP contribution in [0.15, 0.2) is 17.8 Å². The van der Waals surface area contributed by atoms with E-state index < -0.39 is 18.2 Å². The van der Waals surface area contributed by atoms with Crippen molar-refractivity contribution in [2.24, 2.45) is 10.6 Å². The monoisotopic (exact) mass is 257 g/mol. The van der Waals surface area contributed by atoms with E-state index in [1.165, 1.54) is 24.4 Å². The van der Waals surface area contributed by atoms with Crippen LogP contribution in [0.4, 0.5) is 9.18 Å². The zero-order chi connectivity index (χ0) is 13.6. The Morgan fingerprint density at radius 2 is 2.33 bits per heavy atom. The first-order chi connectivity index (χ1) is 8.49. The maximum Gasteiger partial charge on any atom is 0.433 e. The first kappa shape index (κ1) is 14.1. The zero-order valence-electron chi connectivity index (χ0n) is 10.6. The lowest BCUT2D eigenvalue weighted by atomic mass is 9.89. The molecule has 0 fully saturated rings. The Morgan fingerprint density at radius 1 is 1.61 bits per heavy atom. The van der Waals surface area contributed by atoms with Gasteiger partial charge in [-0.25, -0.2) is 14.5 Å². The highest BCUT2D eigenvalue weighted by Gasteiger charge is 2.27. The number of nitrogens with one attached hydrogen (secondary N) is 1. The van der Waals surface area contributed by atoms with Crippen molar-refractivity contribution >= 4 is 11.8 Å². The van der Waals surface area contributed by atoms with E-state index >= 15 is 0 Å². The van der Waals surface area contributed by atoms with E-state index in [0.717, 1.165) is 0 Å². The molecule has 1 rings (SSSR count). The Hall–Kier alpha value is -1.99. The maximum atomic E-state index is 13.0. The quantitative estimate of drug-likeness (QED) is 0.484. The molecule has 0 aliphatic rings. The molecule has 100 valence electrons. The van der Waals surface area contributed by atoms with Gasteiger partial charge in [0.1, 0.15) is 12.7 Å². The number of nitrogens with zero attached hydrogens (tertiary/aromatic N) is 4. The number of oxime groups is 1. The zero-order valence-corrected chi connectivity index (χ0v) is 10.6. The van der Waals surface area contributed by atoms with Gasteiger partial charge in [0.15, 0.2) is 0 Å². The van der Waals surface area contributed by atoms with Gasteiger partial charge in [-0.15, -0.1) is 0 Å². The molecule has 7 nitrogen and oxygen atoms in total. The lowest BCUT2D eigenvalue weighted by molar-refractivity contribution is 0.150. The standard InChI is InChI=1S/C10H16FN5O2/c1-10(2,5-11)8(15-18-9(17)12-3)4-16-7-13-6-14-16/h6-7H,4-5H2,1-3H3,(H,12,17). The number of hydrogen-bond acceptors (Lipinski definition) is 5. The third-order valence-corrected chi connectivity index (χ3v) is 2.34. The summed E-state index contributed by atoms with van der Waals surface area (Å²) in [5, 5.41) is 9.84. The van der Waals surface area contributed by atoms with Gasteiger partial charge in [-0.3, -0.25) is 9.23 Å². The van der Waals surface area contributed by atoms with E-state index in [2.05, 4.69) is 25.4 Å². The highest BCUT2D eigenvalue weighted by atomic mass is 19.1. The summed E-state index contributed by atoms with van der Waals surface area (Å²) in [6.07, 6.45) is 2.13. The van der Waals surface area contributed by atoms with Gasteiger partial charge in [0.2, 0.25) is 0 Å². The Labute approximate surface area is 104 Å². The van der Waals surface area contributed by atoms with Crippen molar-refractivity contribution < 1.29 is 14.0 Å². The van der Waals surface area contributed by atoms with Crippen molar-refractivity contribution in [2.45, 2.75) is 20.4 Å². The molecule has 18 heavy (non-hydrogen) atoms. The molecular formula is C10H16FN5O2. The number of alkyl halides is 1. The molecule has 0 saturated heterocycles. The molecule has 0 bridgehead atoms. The van der Waals surface area contributed by atoms with E-state index in [9.17, 15) is 9.18 Å². The minimum Gasteiger partial charge on any atom is -0.323 e. The van der Waals surface area contributed by atoms with Gasteiger partial charge in [0, 0.05) is 12.5 Å². The third-order valence-electron chi connectivity index (χ3n) is 2.34. The molecule has 0 radical (unpaired) electrons. The topological polar surface area (TPSA) is 81.4 Å². The molecule has 0 aromatic carbocycles. The fourth-order valence-electron chi connectivity index (χ4n) is 1.05. The number of carbonyl (C=O) groups is 1. The summed E-state index contributed by atoms with van der Waals surface area (Å²) in [6.45, 7) is 2.90. The van der Waals surface area contributed by atoms with Gasteiger partial charge in [-0.05, 0) is 0 Å². The summed E-state index contributed by atoms with van der Waals surface area (Å²) in [7, 11) is 1.41. The Bertz CT molecular complexity index is 416. The molecular weight excluding hydrogens is 241 g/mol. The number of hydrogen-bond donors (Lipinski definition) is 1. The van der Waals surface area contributed by atoms with Gasteiger partial charge in [-0.2, -0.15) is 5.10 Å². The summed E-state index contributed by atoms with van der Waals surface area (Å²) in [5.41, 5.74) is -0.487. The van der Waals surface area contributed by atoms with Crippen molar-refractivity contribution in [2.75, 3.05) is 13.7 Å². The molecule has 0 aliphatic heterocycles. The highest BCUT2D eigenvalue weighted by molar-refractivity contribution is 5.89. The van der Waals surface area contributed by atoms with Crippen molar-refractivity contribution in [3.05, 3.63) is 12.7 Å². The average Bonchev–Trinajstić information content (AvgIpc) is 2.86. The fraction of sp³-hybridized carbons (Fsp3) is 0.600. The van der Waals surface area contributed by atoms with Crippen LogP contribution in [0, 0.1) is 5.41 Å². The predicted molar refractivity (Wildman–Crippen MR) is 62.8 cm³/mol. The number of amides is 1. The highest BCUT2D eigenvalue weighted by Crippen LogP contribution is 2.19. The van der Waals surface area contributed by atoms with E-state index in [0.29, 0.717) is 5.71 Å². The second kappa shape index (κ2) is 6.08. The molecule has 0 unspecified atom stereocenters. The summed E-state index contributed by atoms with van der Waals surface area (Å²) < 4.78 is 14.4. The van der Waals surface area contributed by atoms with Crippen molar-refractivity contribution in [3.8, 4) is 0 Å². The van der Waals surface area contributed by atoms with Crippen LogP contribution in [0.1, 0.15) is 13.8 Å². The summed E-state index contributed by atoms with van der Waals surface area (Å²) in [6, 6.07) is 0. The van der Waals surface area contributed by atoms with Crippen LogP contribution in [0.2, 0.25) is 0 Å². The summed E-state index contributed by atoms with van der Waals surface area (Å²) in [4.78, 5) is 19.3. The first-order valence-corrected chi connectivity index (χ1v) is 5.34. The van der Waals surface area contributed by atoms with Crippen LogP contribution in [0.5, 0.6) is 0 Å². The Balaban J connectivity index is 2.84. The minimum atomic E-state index is -0.847. The second-order valence-electron chi connectivity index (χ2n) is 4.28. The smallest absolute Gasteiger partial charge is 0.323 e. The normalized spacial score (nSPS) is 12.3. The lowest BCUT2D eigenvalue weighted by Gasteiger charge is -2.22. The van der Waals surface area contributed by atoms with Crippen LogP contribution < -0.4 is 5.32 Å². The minimum absolute atomic E-state index is 0.202. The number of halogens is 1. The first-order valence-electron chi connectivity index (χ1n) is 5.34. The molecule has 0 atom stereocenters. The summed E-state index contributed by atoms with van der Waals surface area (Å²) >= 11 is 0. The molecule has 1 aromatic rings. The largest absolute Gasteiger partial charge is 0.433 e. The second-order valence-corrected chi connectivity index (χ2v) is 4.28. The van der Waals surface area contributed by atoms with Crippen molar-refractivity contribution in [1.29, 1.82) is 0 Å². The number of aromatic nitrogens is 3. The molecule has 0 aliphatic carbocycles. The number of carbonyl (C=O) groups excluding carboxylic acids is 1. The molecule has 1 heterocycles. The Kier molecular flexibility index (Phi) is 4.75. The van der Waals surface area contributed by atoms with Crippen LogP contribution in [0.25, 0.3) is 0 Å². The molecule has 8 heteroatoms. The van der Waals surface area contributed by atoms with Gasteiger partial charge in [0.25, 0.3) is 0 Å². The van der Waals surface area contributed by atoms with Gasteiger partial charge in [-0.1, -0.05) is 19.0 Å². The fourth-order valence-corrected chi connectivity index (χ4v) is 1.05. The van der Waals surface area contributed by atoms with Crippen LogP contribution in [-0.4, -0.2) is 40.3 Å².